The molecule has 116 valence electrons. The van der Waals surface area contributed by atoms with Gasteiger partial charge in [-0.3, -0.25) is 0 Å². The summed E-state index contributed by atoms with van der Waals surface area (Å²) < 4.78 is 5.44. The van der Waals surface area contributed by atoms with E-state index in [-0.39, 0.29) is 5.92 Å². The molecule has 0 bridgehead atoms. The van der Waals surface area contributed by atoms with Crippen molar-refractivity contribution in [2.45, 2.75) is 33.2 Å². The summed E-state index contributed by atoms with van der Waals surface area (Å²) in [6.07, 6.45) is 0.925. The number of carboxylic acid groups (broad SMARTS) is 1. The number of amides is 2. The molecule has 1 aromatic rings. The number of carbonyl (C=O) groups excluding carboxylic acids is 1. The maximum Gasteiger partial charge on any atom is 0.326 e. The first-order chi connectivity index (χ1) is 9.93. The molecule has 21 heavy (non-hydrogen) atoms. The Kier molecular flexibility index (Phi) is 6.52. The molecule has 0 spiro atoms. The van der Waals surface area contributed by atoms with Crippen LogP contribution in [0.3, 0.4) is 0 Å². The molecular formula is C15H22N2O4. The first-order valence-corrected chi connectivity index (χ1v) is 6.97. The van der Waals surface area contributed by atoms with Gasteiger partial charge in [-0.25, -0.2) is 9.59 Å². The third-order valence-electron chi connectivity index (χ3n) is 2.80. The summed E-state index contributed by atoms with van der Waals surface area (Å²) in [4.78, 5) is 22.8. The number of carbonyl (C=O) groups is 2. The summed E-state index contributed by atoms with van der Waals surface area (Å²) >= 11 is 0. The monoisotopic (exact) mass is 294 g/mol. The third-order valence-corrected chi connectivity index (χ3v) is 2.80. The van der Waals surface area contributed by atoms with Gasteiger partial charge in [0.25, 0.3) is 0 Å². The molecule has 6 heteroatoms. The second-order valence-corrected chi connectivity index (χ2v) is 5.03. The van der Waals surface area contributed by atoms with Crippen molar-refractivity contribution in [2.75, 3.05) is 11.9 Å². The van der Waals surface area contributed by atoms with Crippen LogP contribution in [0.2, 0.25) is 0 Å². The molecule has 0 saturated heterocycles. The SMILES string of the molecule is CCCOc1ccc(NC(=O)N[C@@H](C(=O)O)C(C)C)cc1. The molecule has 0 aliphatic rings. The molecule has 1 atom stereocenters. The molecule has 1 aromatic carbocycles. The van der Waals surface area contributed by atoms with Crippen LogP contribution in [0.4, 0.5) is 10.5 Å². The van der Waals surface area contributed by atoms with Crippen LogP contribution in [0.15, 0.2) is 24.3 Å². The normalized spacial score (nSPS) is 11.8. The number of hydrogen-bond acceptors (Lipinski definition) is 3. The minimum absolute atomic E-state index is 0.196. The number of ether oxygens (including phenoxy) is 1. The Labute approximate surface area is 124 Å². The van der Waals surface area contributed by atoms with E-state index in [0.717, 1.165) is 12.2 Å². The average molecular weight is 294 g/mol. The number of urea groups is 1. The van der Waals surface area contributed by atoms with Crippen molar-refractivity contribution in [1.82, 2.24) is 5.32 Å². The van der Waals surface area contributed by atoms with Crippen LogP contribution in [-0.4, -0.2) is 29.8 Å². The van der Waals surface area contributed by atoms with Gasteiger partial charge in [0.05, 0.1) is 6.61 Å². The Bertz CT molecular complexity index is 471. The summed E-state index contributed by atoms with van der Waals surface area (Å²) in [5.41, 5.74) is 0.573. The largest absolute Gasteiger partial charge is 0.494 e. The predicted octanol–water partition coefficient (Wildman–Crippen LogP) is 2.71. The van der Waals surface area contributed by atoms with Gasteiger partial charge in [-0.05, 0) is 36.6 Å². The van der Waals surface area contributed by atoms with Gasteiger partial charge in [0.2, 0.25) is 0 Å². The van der Waals surface area contributed by atoms with E-state index >= 15 is 0 Å². The summed E-state index contributed by atoms with van der Waals surface area (Å²) in [6, 6.07) is 5.45. The van der Waals surface area contributed by atoms with Crippen molar-refractivity contribution in [2.24, 2.45) is 5.92 Å². The number of benzene rings is 1. The smallest absolute Gasteiger partial charge is 0.326 e. The first kappa shape index (κ1) is 16.8. The number of hydrogen-bond donors (Lipinski definition) is 3. The van der Waals surface area contributed by atoms with Crippen molar-refractivity contribution in [3.8, 4) is 5.75 Å². The Hall–Kier alpha value is -2.24. The highest BCUT2D eigenvalue weighted by Gasteiger charge is 2.23. The van der Waals surface area contributed by atoms with Gasteiger partial charge in [-0.15, -0.1) is 0 Å². The van der Waals surface area contributed by atoms with Crippen molar-refractivity contribution < 1.29 is 19.4 Å². The van der Waals surface area contributed by atoms with E-state index in [0.29, 0.717) is 12.3 Å². The summed E-state index contributed by atoms with van der Waals surface area (Å²) in [6.45, 7) is 6.13. The zero-order valence-electron chi connectivity index (χ0n) is 12.6. The second-order valence-electron chi connectivity index (χ2n) is 5.03. The highest BCUT2D eigenvalue weighted by atomic mass is 16.5. The lowest BCUT2D eigenvalue weighted by Crippen LogP contribution is -2.46. The molecule has 2 amide bonds. The fraction of sp³-hybridized carbons (Fsp3) is 0.467. The molecule has 0 saturated carbocycles. The van der Waals surface area contributed by atoms with Crippen molar-refractivity contribution >= 4 is 17.7 Å². The van der Waals surface area contributed by atoms with Crippen LogP contribution in [0.25, 0.3) is 0 Å². The molecule has 0 unspecified atom stereocenters. The Morgan fingerprint density at radius 3 is 2.33 bits per heavy atom. The maximum absolute atomic E-state index is 11.8. The number of anilines is 1. The number of nitrogens with one attached hydrogen (secondary N) is 2. The standard InChI is InChI=1S/C15H22N2O4/c1-4-9-21-12-7-5-11(6-8-12)16-15(20)17-13(10(2)3)14(18)19/h5-8,10,13H,4,9H2,1-3H3,(H,18,19)(H2,16,17,20)/t13-/m1/s1. The third kappa shape index (κ3) is 5.72. The molecule has 0 heterocycles. The predicted molar refractivity (Wildman–Crippen MR) is 80.6 cm³/mol. The van der Waals surface area contributed by atoms with Gasteiger partial charge < -0.3 is 20.5 Å². The highest BCUT2D eigenvalue weighted by Crippen LogP contribution is 2.16. The van der Waals surface area contributed by atoms with E-state index in [1.54, 1.807) is 38.1 Å². The molecule has 0 fully saturated rings. The van der Waals surface area contributed by atoms with E-state index in [1.807, 2.05) is 6.92 Å². The molecule has 0 radical (unpaired) electrons. The van der Waals surface area contributed by atoms with Gasteiger partial charge in [0.1, 0.15) is 11.8 Å². The highest BCUT2D eigenvalue weighted by molar-refractivity contribution is 5.92. The van der Waals surface area contributed by atoms with Crippen LogP contribution in [0.5, 0.6) is 5.75 Å². The van der Waals surface area contributed by atoms with E-state index in [9.17, 15) is 9.59 Å². The number of rotatable bonds is 7. The zero-order valence-corrected chi connectivity index (χ0v) is 12.6. The average Bonchev–Trinajstić information content (AvgIpc) is 2.43. The Morgan fingerprint density at radius 2 is 1.86 bits per heavy atom. The van der Waals surface area contributed by atoms with Crippen LogP contribution in [-0.2, 0) is 4.79 Å². The van der Waals surface area contributed by atoms with Crippen molar-refractivity contribution in [3.63, 3.8) is 0 Å². The minimum atomic E-state index is -1.05. The molecular weight excluding hydrogens is 272 g/mol. The van der Waals surface area contributed by atoms with Crippen molar-refractivity contribution in [1.29, 1.82) is 0 Å². The Balaban J connectivity index is 2.56. The molecule has 6 nitrogen and oxygen atoms in total. The van der Waals surface area contributed by atoms with Crippen LogP contribution >= 0.6 is 0 Å². The van der Waals surface area contributed by atoms with E-state index in [1.165, 1.54) is 0 Å². The molecule has 1 rings (SSSR count). The zero-order chi connectivity index (χ0) is 15.8. The van der Waals surface area contributed by atoms with E-state index in [2.05, 4.69) is 10.6 Å². The molecule has 0 aromatic heterocycles. The topological polar surface area (TPSA) is 87.7 Å². The molecule has 0 aliphatic carbocycles. The summed E-state index contributed by atoms with van der Waals surface area (Å²) in [5, 5.41) is 14.0. The summed E-state index contributed by atoms with van der Waals surface area (Å²) in [7, 11) is 0. The van der Waals surface area contributed by atoms with E-state index in [4.69, 9.17) is 9.84 Å². The Morgan fingerprint density at radius 1 is 1.24 bits per heavy atom. The lowest BCUT2D eigenvalue weighted by Gasteiger charge is -2.18. The quantitative estimate of drug-likeness (QED) is 0.721. The molecule has 3 N–H and O–H groups in total. The van der Waals surface area contributed by atoms with Gasteiger partial charge in [0, 0.05) is 5.69 Å². The fourth-order valence-corrected chi connectivity index (χ4v) is 1.68. The van der Waals surface area contributed by atoms with Crippen LogP contribution in [0, 0.1) is 5.92 Å². The maximum atomic E-state index is 11.8. The second kappa shape index (κ2) is 8.14. The lowest BCUT2D eigenvalue weighted by atomic mass is 10.1. The fourth-order valence-electron chi connectivity index (χ4n) is 1.68. The van der Waals surface area contributed by atoms with Crippen LogP contribution in [0.1, 0.15) is 27.2 Å². The van der Waals surface area contributed by atoms with Gasteiger partial charge in [-0.2, -0.15) is 0 Å². The van der Waals surface area contributed by atoms with E-state index < -0.39 is 18.0 Å². The summed E-state index contributed by atoms with van der Waals surface area (Å²) in [5.74, 6) is -0.519. The van der Waals surface area contributed by atoms with Gasteiger partial charge >= 0.3 is 12.0 Å². The van der Waals surface area contributed by atoms with Crippen LogP contribution < -0.4 is 15.4 Å². The van der Waals surface area contributed by atoms with Crippen molar-refractivity contribution in [3.05, 3.63) is 24.3 Å². The molecule has 0 aliphatic heterocycles. The number of aliphatic carboxylic acids is 1. The first-order valence-electron chi connectivity index (χ1n) is 6.97. The minimum Gasteiger partial charge on any atom is -0.494 e. The van der Waals surface area contributed by atoms with Gasteiger partial charge in [0.15, 0.2) is 0 Å². The van der Waals surface area contributed by atoms with Gasteiger partial charge in [-0.1, -0.05) is 20.8 Å². The number of carboxylic acids is 1. The lowest BCUT2D eigenvalue weighted by molar-refractivity contribution is -0.140.